The van der Waals surface area contributed by atoms with Crippen molar-refractivity contribution in [3.05, 3.63) is 153 Å². The monoisotopic (exact) mass is 1610 g/mol. The molecule has 476 valence electrons. The molecule has 3 N–H and O–H groups in total. The Balaban J connectivity index is 0.000000166. The van der Waals surface area contributed by atoms with Crippen LogP contribution in [-0.2, 0) is 55.2 Å². The quantitative estimate of drug-likeness (QED) is 0.0683. The van der Waals surface area contributed by atoms with Crippen LogP contribution in [0.2, 0.25) is 0 Å². The molecule has 0 fully saturated rings. The smallest absolute Gasteiger partial charge is 0.496 e. The van der Waals surface area contributed by atoms with Crippen molar-refractivity contribution in [2.45, 2.75) is 40.6 Å². The third-order valence-electron chi connectivity index (χ3n) is 14.0. The average Bonchev–Trinajstić information content (AvgIpc) is 1.45. The van der Waals surface area contributed by atoms with E-state index in [1.807, 2.05) is 135 Å². The van der Waals surface area contributed by atoms with Gasteiger partial charge in [0.15, 0.2) is 0 Å². The van der Waals surface area contributed by atoms with Crippen LogP contribution in [0.3, 0.4) is 0 Å². The summed E-state index contributed by atoms with van der Waals surface area (Å²) in [7, 11) is 13.8. The molecule has 7 aromatic carbocycles. The van der Waals surface area contributed by atoms with Crippen LogP contribution in [0.25, 0.3) is 65.9 Å². The van der Waals surface area contributed by atoms with Gasteiger partial charge < -0.3 is 52.7 Å². The predicted molar refractivity (Wildman–Crippen MR) is 377 cm³/mol. The van der Waals surface area contributed by atoms with Crippen LogP contribution in [0.4, 0.5) is 0 Å². The molecule has 0 amide bonds. The number of rotatable bonds is 18. The van der Waals surface area contributed by atoms with Gasteiger partial charge in [0.05, 0.1) is 126 Å². The summed E-state index contributed by atoms with van der Waals surface area (Å²) in [4.78, 5) is 0. The number of hydrogen-bond donors (Lipinski definition) is 3. The third-order valence-corrected chi connectivity index (χ3v) is 18.0. The maximum atomic E-state index is 9.28. The van der Waals surface area contributed by atoms with Gasteiger partial charge in [-0.1, -0.05) is 59.9 Å². The molecule has 26 heteroatoms. The lowest BCUT2D eigenvalue weighted by Crippen LogP contribution is -2.32. The van der Waals surface area contributed by atoms with Crippen LogP contribution in [0, 0.1) is 0 Å². The van der Waals surface area contributed by atoms with Gasteiger partial charge in [0, 0.05) is 100 Å². The zero-order chi connectivity index (χ0) is 65.3. The summed E-state index contributed by atoms with van der Waals surface area (Å²) in [5.74, 6) is 3.74. The number of H-pyrrole nitrogens is 1. The Hall–Kier alpha value is -6.04. The number of aromatic nitrogens is 8. The van der Waals surface area contributed by atoms with E-state index in [2.05, 4.69) is 133 Å². The molecule has 4 aromatic heterocycles. The molecule has 11 rings (SSSR count). The molecule has 19 nitrogen and oxygen atoms in total. The highest BCUT2D eigenvalue weighted by atomic mass is 79.9. The molecule has 0 bridgehead atoms. The minimum atomic E-state index is -1.64. The highest BCUT2D eigenvalue weighted by Crippen LogP contribution is 2.46. The minimum Gasteiger partial charge on any atom is -0.497 e. The predicted octanol–water partition coefficient (Wildman–Crippen LogP) is 15.2. The molecule has 90 heavy (non-hydrogen) atoms. The van der Waals surface area contributed by atoms with Crippen LogP contribution in [0.1, 0.15) is 37.5 Å². The molecule has 0 aliphatic heterocycles. The normalized spacial score (nSPS) is 10.8. The molecule has 0 aliphatic rings. The van der Waals surface area contributed by atoms with Crippen molar-refractivity contribution in [1.82, 2.24) is 39.5 Å². The first-order valence-electron chi connectivity index (χ1n) is 27.9. The summed E-state index contributed by atoms with van der Waals surface area (Å²) >= 11 is 21.0. The largest absolute Gasteiger partial charge is 0.497 e. The van der Waals surface area contributed by atoms with E-state index in [1.54, 1.807) is 46.8 Å². The first-order valence-corrected chi connectivity index (χ1v) is 32.7. The molecular weight excluding hydrogens is 1550 g/mol. The fraction of sp³-hybridized carbons (Fsp3) is 0.281. The summed E-state index contributed by atoms with van der Waals surface area (Å²) in [5, 5.41) is 42.7. The molecule has 0 saturated heterocycles. The summed E-state index contributed by atoms with van der Waals surface area (Å²) < 4.78 is 61.1. The standard InChI is InChI=1S/2C19H21BrN2O3.C11H17BO5.C8H6Br2N2.C7H4Br2N2/c1-5-25-11-12-8-16(23-3)18(17(9-12)24-4)13-6-7-15(20)14-10-21-22(2)19(13)14;1-5-25-11-12-8-16(23-3)18(17(9-12)24-4)13-6-7-15(20)19-14(13)10-21-22(19)2;1-4-17-7-8-5-9(15-2)11(12(13)14)10(6-8)16-3;1-12-8-5(4-11-12)6(9)2-3-7(8)10;8-5-1-2-6(9)7-4(5)3-10-11-7/h2*6-10H,5,11H2,1-4H3;5-6,13-14H,4,7H2,1-3H3;2-4H,1H3;1-3H,(H,10,11). The van der Waals surface area contributed by atoms with Gasteiger partial charge in [-0.25, -0.2) is 0 Å². The zero-order valence-corrected chi connectivity index (χ0v) is 61.2. The van der Waals surface area contributed by atoms with Gasteiger partial charge in [0.1, 0.15) is 34.5 Å². The average molecular weight is 1620 g/mol. The molecule has 0 atom stereocenters. The Morgan fingerprint density at radius 1 is 0.411 bits per heavy atom. The van der Waals surface area contributed by atoms with Crippen LogP contribution < -0.4 is 33.9 Å². The van der Waals surface area contributed by atoms with Gasteiger partial charge in [-0.15, -0.1) is 0 Å². The van der Waals surface area contributed by atoms with Gasteiger partial charge in [0.2, 0.25) is 0 Å². The number of halogens is 6. The second kappa shape index (κ2) is 34.0. The number of ether oxygens (including phenoxy) is 9. The van der Waals surface area contributed by atoms with E-state index in [0.29, 0.717) is 51.1 Å². The van der Waals surface area contributed by atoms with E-state index in [9.17, 15) is 10.0 Å². The molecule has 0 aliphatic carbocycles. The fourth-order valence-electron chi connectivity index (χ4n) is 9.72. The van der Waals surface area contributed by atoms with Crippen molar-refractivity contribution in [2.75, 3.05) is 62.5 Å². The van der Waals surface area contributed by atoms with Crippen molar-refractivity contribution in [3.63, 3.8) is 0 Å². The van der Waals surface area contributed by atoms with Crippen LogP contribution in [-0.4, -0.2) is 119 Å². The first-order chi connectivity index (χ1) is 43.3. The van der Waals surface area contributed by atoms with E-state index >= 15 is 0 Å². The Morgan fingerprint density at radius 3 is 1.16 bits per heavy atom. The van der Waals surface area contributed by atoms with E-state index in [4.69, 9.17) is 42.6 Å². The van der Waals surface area contributed by atoms with Crippen molar-refractivity contribution in [2.24, 2.45) is 21.1 Å². The summed E-state index contributed by atoms with van der Waals surface area (Å²) in [6, 6.07) is 27.5. The Labute approximate surface area is 573 Å². The summed E-state index contributed by atoms with van der Waals surface area (Å²) in [6.07, 6.45) is 7.36. The van der Waals surface area contributed by atoms with Crippen molar-refractivity contribution in [1.29, 1.82) is 0 Å². The molecule has 0 saturated carbocycles. The lowest BCUT2D eigenvalue weighted by molar-refractivity contribution is 0.133. The number of methoxy groups -OCH3 is 6. The zero-order valence-electron chi connectivity index (χ0n) is 51.7. The third kappa shape index (κ3) is 16.8. The van der Waals surface area contributed by atoms with Crippen LogP contribution in [0.5, 0.6) is 34.5 Å². The van der Waals surface area contributed by atoms with Crippen molar-refractivity contribution < 1.29 is 52.7 Å². The highest BCUT2D eigenvalue weighted by molar-refractivity contribution is 9.11. The number of nitrogens with zero attached hydrogens (tertiary/aromatic N) is 7. The van der Waals surface area contributed by atoms with Gasteiger partial charge in [-0.2, -0.15) is 20.4 Å². The Bertz CT molecular complexity index is 4110. The Morgan fingerprint density at radius 2 is 0.744 bits per heavy atom. The fourth-order valence-corrected chi connectivity index (χ4v) is 12.6. The number of hydrogen-bond acceptors (Lipinski definition) is 15. The van der Waals surface area contributed by atoms with E-state index in [0.717, 1.165) is 132 Å². The summed E-state index contributed by atoms with van der Waals surface area (Å²) in [5.41, 5.74) is 11.1. The second-order valence-electron chi connectivity index (χ2n) is 19.4. The lowest BCUT2D eigenvalue weighted by atomic mass is 9.78. The molecule has 0 radical (unpaired) electrons. The molecule has 0 unspecified atom stereocenters. The molecule has 4 heterocycles. The van der Waals surface area contributed by atoms with E-state index in [1.165, 1.54) is 14.2 Å². The maximum Gasteiger partial charge on any atom is 0.496 e. The highest BCUT2D eigenvalue weighted by Gasteiger charge is 2.25. The number of aromatic amines is 1. The molecular formula is C64H69BBr6N8O11. The maximum absolute atomic E-state index is 9.28. The van der Waals surface area contributed by atoms with Crippen LogP contribution >= 0.6 is 95.6 Å². The van der Waals surface area contributed by atoms with Crippen molar-refractivity contribution >= 4 is 152 Å². The minimum absolute atomic E-state index is 0.218. The SMILES string of the molecule is Brc1ccc(Br)c2[nH]ncc12.CCOCc1cc(OC)c(-c2ccc(Br)c3c2cnn3C)c(OC)c1.CCOCc1cc(OC)c(-c2ccc(Br)c3cnn(C)c23)c(OC)c1.CCOCc1cc(OC)c(B(O)O)c(OC)c1.Cn1ncc2c(Br)ccc(Br)c21. The first kappa shape index (κ1) is 71.4. The summed E-state index contributed by atoms with van der Waals surface area (Å²) in [6.45, 7) is 9.25. The lowest BCUT2D eigenvalue weighted by Gasteiger charge is -2.17. The van der Waals surface area contributed by atoms with Crippen LogP contribution in [0.15, 0.2) is 137 Å². The number of benzene rings is 7. The topological polar surface area (TPSA) is 206 Å². The molecule has 11 aromatic rings. The van der Waals surface area contributed by atoms with E-state index < -0.39 is 7.12 Å². The number of nitrogens with one attached hydrogen (secondary N) is 1. The molecule has 0 spiro atoms. The van der Waals surface area contributed by atoms with Gasteiger partial charge in [0.25, 0.3) is 0 Å². The van der Waals surface area contributed by atoms with Gasteiger partial charge >= 0.3 is 7.12 Å². The number of aryl methyl sites for hydroxylation is 3. The van der Waals surface area contributed by atoms with E-state index in [-0.39, 0.29) is 5.46 Å². The number of fused-ring (bicyclic) bond motifs is 4. The van der Waals surface area contributed by atoms with Gasteiger partial charge in [-0.05, 0) is 158 Å². The second-order valence-corrected chi connectivity index (χ2v) is 24.6. The van der Waals surface area contributed by atoms with Gasteiger partial charge in [-0.3, -0.25) is 19.1 Å². The van der Waals surface area contributed by atoms with Crippen molar-refractivity contribution in [3.8, 4) is 56.8 Å². The Kier molecular flexibility index (Phi) is 27.0.